The van der Waals surface area contributed by atoms with E-state index in [1.807, 2.05) is 6.07 Å². The molecule has 1 saturated heterocycles. The monoisotopic (exact) mass is 432 g/mol. The molecular formula is C21H20O10. The van der Waals surface area contributed by atoms with E-state index >= 15 is 0 Å². The summed E-state index contributed by atoms with van der Waals surface area (Å²) in [6.45, 7) is -0.0299. The van der Waals surface area contributed by atoms with Gasteiger partial charge in [0.15, 0.2) is 6.10 Å². The van der Waals surface area contributed by atoms with Crippen LogP contribution in [-0.2, 0) is 25.6 Å². The lowest BCUT2D eigenvalue weighted by Gasteiger charge is -2.37. The topological polar surface area (TPSA) is 160 Å². The molecule has 0 unspecified atom stereocenters. The van der Waals surface area contributed by atoms with Gasteiger partial charge in [-0.2, -0.15) is 0 Å². The molecule has 0 radical (unpaired) electrons. The lowest BCUT2D eigenvalue weighted by molar-refractivity contribution is -0.278. The molecule has 0 aliphatic carbocycles. The smallest absolute Gasteiger partial charge is 0.341 e. The number of rotatable bonds is 6. The average molecular weight is 432 g/mol. The minimum Gasteiger partial charge on any atom is -0.479 e. The number of hydrogen-bond acceptors (Lipinski definition) is 9. The molecule has 0 saturated carbocycles. The summed E-state index contributed by atoms with van der Waals surface area (Å²) >= 11 is 0. The highest BCUT2D eigenvalue weighted by Gasteiger charge is 2.48. The maximum absolute atomic E-state index is 12.6. The van der Waals surface area contributed by atoms with Crippen LogP contribution in [0, 0.1) is 0 Å². The number of carbonyl (C=O) groups is 3. The molecule has 1 aliphatic heterocycles. The van der Waals surface area contributed by atoms with Crippen molar-refractivity contribution in [2.45, 2.75) is 37.3 Å². The van der Waals surface area contributed by atoms with Crippen LogP contribution in [-0.4, -0.2) is 69.0 Å². The molecule has 2 aromatic carbocycles. The third kappa shape index (κ3) is 5.06. The Morgan fingerprint density at radius 1 is 0.806 bits per heavy atom. The first-order valence-electron chi connectivity index (χ1n) is 9.23. The third-order valence-electron chi connectivity index (χ3n) is 4.62. The standard InChI is InChI=1S/C21H20O10/c22-14-15(23)17(18(25)26)30-21(16(14)24)31-20(28)13-9-5-4-8-12(13)19(27)29-10-11-6-2-1-3-7-11/h1-9,14-17,21-24H,10H2,(H,25,26)/t14-,15-,16+,17-,21-/m0/s1. The molecule has 2 aromatic rings. The summed E-state index contributed by atoms with van der Waals surface area (Å²) in [4.78, 5) is 36.3. The van der Waals surface area contributed by atoms with Crippen LogP contribution in [0.25, 0.3) is 0 Å². The zero-order chi connectivity index (χ0) is 22.5. The van der Waals surface area contributed by atoms with Crippen LogP contribution in [0.5, 0.6) is 0 Å². The zero-order valence-electron chi connectivity index (χ0n) is 16.0. The van der Waals surface area contributed by atoms with Crippen molar-refractivity contribution in [2.75, 3.05) is 0 Å². The van der Waals surface area contributed by atoms with Crippen LogP contribution >= 0.6 is 0 Å². The highest BCUT2D eigenvalue weighted by molar-refractivity contribution is 6.03. The minimum atomic E-state index is -1.93. The summed E-state index contributed by atoms with van der Waals surface area (Å²) in [6.07, 6.45) is -9.59. The zero-order valence-corrected chi connectivity index (χ0v) is 16.0. The number of aliphatic hydroxyl groups is 3. The number of aliphatic carboxylic acids is 1. The summed E-state index contributed by atoms with van der Waals surface area (Å²) in [5.74, 6) is -3.55. The summed E-state index contributed by atoms with van der Waals surface area (Å²) in [5.41, 5.74) is 0.398. The molecule has 5 atom stereocenters. The first kappa shape index (κ1) is 22.4. The highest BCUT2D eigenvalue weighted by atomic mass is 16.7. The Balaban J connectivity index is 1.73. The Kier molecular flexibility index (Phi) is 6.98. The van der Waals surface area contributed by atoms with Crippen LogP contribution in [0.15, 0.2) is 54.6 Å². The minimum absolute atomic E-state index is 0.0299. The van der Waals surface area contributed by atoms with E-state index in [2.05, 4.69) is 0 Å². The molecule has 0 spiro atoms. The summed E-state index contributed by atoms with van der Waals surface area (Å²) in [5, 5.41) is 38.6. The third-order valence-corrected chi connectivity index (χ3v) is 4.62. The van der Waals surface area contributed by atoms with E-state index in [1.165, 1.54) is 24.3 Å². The fourth-order valence-electron chi connectivity index (χ4n) is 2.96. The second-order valence-electron chi connectivity index (χ2n) is 6.75. The van der Waals surface area contributed by atoms with Gasteiger partial charge >= 0.3 is 17.9 Å². The normalized spacial score (nSPS) is 25.5. The van der Waals surface area contributed by atoms with E-state index in [0.717, 1.165) is 5.56 Å². The molecule has 0 bridgehead atoms. The molecule has 4 N–H and O–H groups in total. The highest BCUT2D eigenvalue weighted by Crippen LogP contribution is 2.24. The van der Waals surface area contributed by atoms with Gasteiger partial charge in [0.2, 0.25) is 6.29 Å². The fourth-order valence-corrected chi connectivity index (χ4v) is 2.96. The van der Waals surface area contributed by atoms with Crippen molar-refractivity contribution in [3.05, 3.63) is 71.3 Å². The van der Waals surface area contributed by atoms with Gasteiger partial charge in [0.05, 0.1) is 11.1 Å². The van der Waals surface area contributed by atoms with Crippen molar-refractivity contribution in [3.8, 4) is 0 Å². The SMILES string of the molecule is O=C(OCc1ccccc1)c1ccccc1C(=O)O[C@@H]1O[C@H](C(=O)O)[C@@H](O)[C@H](O)[C@H]1O. The van der Waals surface area contributed by atoms with Crippen molar-refractivity contribution in [2.24, 2.45) is 0 Å². The Bertz CT molecular complexity index is 944. The summed E-state index contributed by atoms with van der Waals surface area (Å²) in [7, 11) is 0. The Labute approximate surface area is 176 Å². The van der Waals surface area contributed by atoms with Crippen LogP contribution in [0.4, 0.5) is 0 Å². The van der Waals surface area contributed by atoms with Crippen molar-refractivity contribution >= 4 is 17.9 Å². The maximum Gasteiger partial charge on any atom is 0.341 e. The number of ether oxygens (including phenoxy) is 3. The predicted octanol–water partition coefficient (Wildman–Crippen LogP) is 0.0926. The van der Waals surface area contributed by atoms with E-state index in [-0.39, 0.29) is 17.7 Å². The Morgan fingerprint density at radius 3 is 2.00 bits per heavy atom. The van der Waals surface area contributed by atoms with E-state index < -0.39 is 48.6 Å². The molecular weight excluding hydrogens is 412 g/mol. The molecule has 164 valence electrons. The fraction of sp³-hybridized carbons (Fsp3) is 0.286. The molecule has 0 aromatic heterocycles. The van der Waals surface area contributed by atoms with Gasteiger partial charge in [-0.3, -0.25) is 0 Å². The van der Waals surface area contributed by atoms with Crippen molar-refractivity contribution in [1.29, 1.82) is 0 Å². The molecule has 10 heteroatoms. The molecule has 3 rings (SSSR count). The van der Waals surface area contributed by atoms with Crippen LogP contribution < -0.4 is 0 Å². The lowest BCUT2D eigenvalue weighted by atomic mass is 9.99. The van der Waals surface area contributed by atoms with E-state index in [1.54, 1.807) is 24.3 Å². The van der Waals surface area contributed by atoms with Gasteiger partial charge in [0.25, 0.3) is 0 Å². The number of carboxylic acid groups (broad SMARTS) is 1. The summed E-state index contributed by atoms with van der Waals surface area (Å²) in [6, 6.07) is 14.4. The van der Waals surface area contributed by atoms with E-state index in [4.69, 9.17) is 19.3 Å². The quantitative estimate of drug-likeness (QED) is 0.461. The number of benzene rings is 2. The predicted molar refractivity (Wildman–Crippen MR) is 102 cm³/mol. The Morgan fingerprint density at radius 2 is 1.39 bits per heavy atom. The van der Waals surface area contributed by atoms with E-state index in [0.29, 0.717) is 0 Å². The molecule has 10 nitrogen and oxygen atoms in total. The second-order valence-corrected chi connectivity index (χ2v) is 6.75. The number of carbonyl (C=O) groups excluding carboxylic acids is 2. The number of carboxylic acids is 1. The number of esters is 2. The van der Waals surface area contributed by atoms with Crippen LogP contribution in [0.3, 0.4) is 0 Å². The van der Waals surface area contributed by atoms with Crippen LogP contribution in [0.1, 0.15) is 26.3 Å². The first-order valence-corrected chi connectivity index (χ1v) is 9.23. The molecule has 31 heavy (non-hydrogen) atoms. The van der Waals surface area contributed by atoms with Crippen LogP contribution in [0.2, 0.25) is 0 Å². The van der Waals surface area contributed by atoms with Gasteiger partial charge in [-0.15, -0.1) is 0 Å². The maximum atomic E-state index is 12.6. The first-order chi connectivity index (χ1) is 14.8. The Hall–Kier alpha value is -3.31. The molecule has 1 aliphatic rings. The van der Waals surface area contributed by atoms with Crippen molar-refractivity contribution < 1.29 is 49.0 Å². The largest absolute Gasteiger partial charge is 0.479 e. The lowest BCUT2D eigenvalue weighted by Crippen LogP contribution is -2.60. The number of aliphatic hydroxyl groups excluding tert-OH is 3. The van der Waals surface area contributed by atoms with Gasteiger partial charge in [-0.05, 0) is 17.7 Å². The number of hydrogen-bond donors (Lipinski definition) is 4. The van der Waals surface area contributed by atoms with Gasteiger partial charge in [-0.1, -0.05) is 42.5 Å². The molecule has 1 heterocycles. The van der Waals surface area contributed by atoms with E-state index in [9.17, 15) is 29.7 Å². The van der Waals surface area contributed by atoms with Gasteiger partial charge in [0.1, 0.15) is 24.9 Å². The molecule has 0 amide bonds. The second kappa shape index (κ2) is 9.67. The van der Waals surface area contributed by atoms with Gasteiger partial charge < -0.3 is 34.6 Å². The van der Waals surface area contributed by atoms with Crippen molar-refractivity contribution in [3.63, 3.8) is 0 Å². The van der Waals surface area contributed by atoms with Gasteiger partial charge in [-0.25, -0.2) is 14.4 Å². The summed E-state index contributed by atoms with van der Waals surface area (Å²) < 4.78 is 15.1. The molecule has 1 fully saturated rings. The average Bonchev–Trinajstić information content (AvgIpc) is 2.78. The van der Waals surface area contributed by atoms with Crippen molar-refractivity contribution in [1.82, 2.24) is 0 Å². The van der Waals surface area contributed by atoms with Gasteiger partial charge in [0, 0.05) is 0 Å².